The van der Waals surface area contributed by atoms with Gasteiger partial charge in [0.15, 0.2) is 5.82 Å². The fourth-order valence-electron chi connectivity index (χ4n) is 2.86. The summed E-state index contributed by atoms with van der Waals surface area (Å²) in [6.07, 6.45) is 4.74. The van der Waals surface area contributed by atoms with Crippen molar-refractivity contribution in [3.05, 3.63) is 32.7 Å². The summed E-state index contributed by atoms with van der Waals surface area (Å²) >= 11 is 3.40. The van der Waals surface area contributed by atoms with Crippen LogP contribution < -0.4 is 10.5 Å². The number of aryl methyl sites for hydroxylation is 2. The first kappa shape index (κ1) is 15.2. The molecule has 3 heterocycles. The summed E-state index contributed by atoms with van der Waals surface area (Å²) in [5.74, 6) is 1.80. The highest BCUT2D eigenvalue weighted by molar-refractivity contribution is 9.10. The molecule has 0 saturated carbocycles. The van der Waals surface area contributed by atoms with E-state index in [1.807, 2.05) is 0 Å². The summed E-state index contributed by atoms with van der Waals surface area (Å²) in [6, 6.07) is 0. The van der Waals surface area contributed by atoms with E-state index in [1.165, 1.54) is 4.68 Å². The molecule has 118 valence electrons. The van der Waals surface area contributed by atoms with E-state index in [1.54, 1.807) is 20.2 Å². The number of halogens is 1. The molecule has 0 amide bonds. The lowest BCUT2D eigenvalue weighted by molar-refractivity contribution is 0.369. The number of aromatic nitrogens is 4. The molecular formula is C14H18BrN5O2. The highest BCUT2D eigenvalue weighted by Crippen LogP contribution is 2.28. The van der Waals surface area contributed by atoms with Crippen LogP contribution in [0.25, 0.3) is 0 Å². The SMILES string of the molecule is Cc1nc(CC2CCCN(c3cnn(C)c(=O)c3Br)C2)no1. The van der Waals surface area contributed by atoms with Gasteiger partial charge in [0.1, 0.15) is 4.47 Å². The van der Waals surface area contributed by atoms with Crippen LogP contribution in [0.4, 0.5) is 5.69 Å². The fourth-order valence-corrected chi connectivity index (χ4v) is 3.47. The highest BCUT2D eigenvalue weighted by atomic mass is 79.9. The summed E-state index contributed by atoms with van der Waals surface area (Å²) in [7, 11) is 1.65. The average Bonchev–Trinajstić information content (AvgIpc) is 2.90. The third-order valence-corrected chi connectivity index (χ3v) is 4.71. The third-order valence-electron chi connectivity index (χ3n) is 3.96. The highest BCUT2D eigenvalue weighted by Gasteiger charge is 2.24. The summed E-state index contributed by atoms with van der Waals surface area (Å²) in [5.41, 5.74) is 0.741. The van der Waals surface area contributed by atoms with Crippen LogP contribution in [-0.2, 0) is 13.5 Å². The number of hydrogen-bond donors (Lipinski definition) is 0. The Kier molecular flexibility index (Phi) is 4.28. The van der Waals surface area contributed by atoms with Gasteiger partial charge in [-0.25, -0.2) is 4.68 Å². The van der Waals surface area contributed by atoms with Gasteiger partial charge in [-0.15, -0.1) is 0 Å². The Morgan fingerprint density at radius 1 is 1.50 bits per heavy atom. The molecule has 0 spiro atoms. The van der Waals surface area contributed by atoms with Crippen molar-refractivity contribution in [1.82, 2.24) is 19.9 Å². The molecule has 1 aliphatic heterocycles. The number of anilines is 1. The first-order valence-corrected chi connectivity index (χ1v) is 8.10. The maximum absolute atomic E-state index is 12.0. The second-order valence-electron chi connectivity index (χ2n) is 5.66. The summed E-state index contributed by atoms with van der Waals surface area (Å²) < 4.78 is 6.93. The van der Waals surface area contributed by atoms with Gasteiger partial charge in [0, 0.05) is 33.5 Å². The maximum Gasteiger partial charge on any atom is 0.282 e. The van der Waals surface area contributed by atoms with Gasteiger partial charge >= 0.3 is 0 Å². The smallest absolute Gasteiger partial charge is 0.282 e. The van der Waals surface area contributed by atoms with Crippen LogP contribution in [0.2, 0.25) is 0 Å². The molecule has 7 nitrogen and oxygen atoms in total. The van der Waals surface area contributed by atoms with Crippen molar-refractivity contribution in [3.63, 3.8) is 0 Å². The lowest BCUT2D eigenvalue weighted by atomic mass is 9.94. The predicted molar refractivity (Wildman–Crippen MR) is 84.9 cm³/mol. The molecule has 0 N–H and O–H groups in total. The largest absolute Gasteiger partial charge is 0.369 e. The van der Waals surface area contributed by atoms with E-state index in [-0.39, 0.29) is 5.56 Å². The second-order valence-corrected chi connectivity index (χ2v) is 6.45. The van der Waals surface area contributed by atoms with E-state index < -0.39 is 0 Å². The zero-order valence-corrected chi connectivity index (χ0v) is 14.2. The van der Waals surface area contributed by atoms with Crippen LogP contribution >= 0.6 is 15.9 Å². The van der Waals surface area contributed by atoms with E-state index in [9.17, 15) is 4.79 Å². The fraction of sp³-hybridized carbons (Fsp3) is 0.571. The van der Waals surface area contributed by atoms with Crippen molar-refractivity contribution < 1.29 is 4.52 Å². The molecule has 1 aliphatic rings. The Balaban J connectivity index is 1.76. The van der Waals surface area contributed by atoms with Crippen LogP contribution in [0, 0.1) is 12.8 Å². The van der Waals surface area contributed by atoms with E-state index in [0.717, 1.165) is 43.9 Å². The van der Waals surface area contributed by atoms with Crippen molar-refractivity contribution in [2.24, 2.45) is 13.0 Å². The van der Waals surface area contributed by atoms with Gasteiger partial charge in [-0.05, 0) is 34.7 Å². The maximum atomic E-state index is 12.0. The first-order chi connectivity index (χ1) is 10.5. The van der Waals surface area contributed by atoms with Gasteiger partial charge in [0.05, 0.1) is 11.9 Å². The molecule has 1 unspecified atom stereocenters. The standard InChI is InChI=1S/C14H18BrN5O2/c1-9-17-12(18-22-9)6-10-4-3-5-20(8-10)11-7-16-19(2)14(21)13(11)15/h7,10H,3-6,8H2,1-2H3. The van der Waals surface area contributed by atoms with Crippen LogP contribution in [0.5, 0.6) is 0 Å². The molecule has 8 heteroatoms. The Morgan fingerprint density at radius 2 is 2.32 bits per heavy atom. The Morgan fingerprint density at radius 3 is 3.05 bits per heavy atom. The predicted octanol–water partition coefficient (Wildman–Crippen LogP) is 1.69. The minimum absolute atomic E-state index is 0.117. The van der Waals surface area contributed by atoms with Gasteiger partial charge in [0.2, 0.25) is 5.89 Å². The minimum atomic E-state index is -0.117. The summed E-state index contributed by atoms with van der Waals surface area (Å²) in [4.78, 5) is 18.5. The molecular weight excluding hydrogens is 350 g/mol. The summed E-state index contributed by atoms with van der Waals surface area (Å²) in [5, 5.41) is 8.09. The molecule has 1 fully saturated rings. The van der Waals surface area contributed by atoms with Gasteiger partial charge in [-0.1, -0.05) is 5.16 Å². The van der Waals surface area contributed by atoms with Crippen molar-refractivity contribution in [3.8, 4) is 0 Å². The van der Waals surface area contributed by atoms with Gasteiger partial charge in [-0.2, -0.15) is 10.1 Å². The lowest BCUT2D eigenvalue weighted by Gasteiger charge is -2.34. The Bertz CT molecular complexity index is 726. The van der Waals surface area contributed by atoms with E-state index >= 15 is 0 Å². The Labute approximate surface area is 136 Å². The topological polar surface area (TPSA) is 77.1 Å². The normalized spacial score (nSPS) is 18.7. The first-order valence-electron chi connectivity index (χ1n) is 7.30. The molecule has 0 aromatic carbocycles. The number of piperidine rings is 1. The van der Waals surface area contributed by atoms with Gasteiger partial charge < -0.3 is 9.42 Å². The minimum Gasteiger partial charge on any atom is -0.369 e. The van der Waals surface area contributed by atoms with Gasteiger partial charge in [-0.3, -0.25) is 4.79 Å². The number of nitrogens with zero attached hydrogens (tertiary/aromatic N) is 5. The quantitative estimate of drug-likeness (QED) is 0.821. The van der Waals surface area contributed by atoms with Crippen molar-refractivity contribution in [2.45, 2.75) is 26.2 Å². The average molecular weight is 368 g/mol. The van der Waals surface area contributed by atoms with E-state index in [2.05, 4.69) is 36.1 Å². The van der Waals surface area contributed by atoms with Crippen LogP contribution in [0.15, 0.2) is 20.0 Å². The second kappa shape index (κ2) is 6.20. The molecule has 0 bridgehead atoms. The van der Waals surface area contributed by atoms with Gasteiger partial charge in [0.25, 0.3) is 5.56 Å². The third kappa shape index (κ3) is 3.06. The van der Waals surface area contributed by atoms with Crippen LogP contribution in [-0.4, -0.2) is 33.0 Å². The van der Waals surface area contributed by atoms with Crippen LogP contribution in [0.3, 0.4) is 0 Å². The van der Waals surface area contributed by atoms with Crippen molar-refractivity contribution >= 4 is 21.6 Å². The molecule has 1 saturated heterocycles. The molecule has 2 aromatic heterocycles. The monoisotopic (exact) mass is 367 g/mol. The van der Waals surface area contributed by atoms with Crippen molar-refractivity contribution in [2.75, 3.05) is 18.0 Å². The molecule has 22 heavy (non-hydrogen) atoms. The number of hydrogen-bond acceptors (Lipinski definition) is 6. The molecule has 1 atom stereocenters. The molecule has 2 aromatic rings. The lowest BCUT2D eigenvalue weighted by Crippen LogP contribution is -2.38. The zero-order valence-electron chi connectivity index (χ0n) is 12.6. The zero-order chi connectivity index (χ0) is 15.7. The van der Waals surface area contributed by atoms with E-state index in [0.29, 0.717) is 16.3 Å². The Hall–Kier alpha value is -1.70. The van der Waals surface area contributed by atoms with E-state index in [4.69, 9.17) is 4.52 Å². The molecule has 3 rings (SSSR count). The molecule has 0 radical (unpaired) electrons. The molecule has 0 aliphatic carbocycles. The summed E-state index contributed by atoms with van der Waals surface area (Å²) in [6.45, 7) is 3.59. The van der Waals surface area contributed by atoms with Crippen molar-refractivity contribution in [1.29, 1.82) is 0 Å². The number of rotatable bonds is 3. The van der Waals surface area contributed by atoms with Crippen LogP contribution in [0.1, 0.15) is 24.6 Å².